The zero-order valence-electron chi connectivity index (χ0n) is 10.2. The van der Waals surface area contributed by atoms with Gasteiger partial charge in [0.05, 0.1) is 23.1 Å². The van der Waals surface area contributed by atoms with Crippen LogP contribution in [-0.4, -0.2) is 36.7 Å². The zero-order chi connectivity index (χ0) is 14.4. The van der Waals surface area contributed by atoms with Gasteiger partial charge in [0.15, 0.2) is 0 Å². The Kier molecular flexibility index (Phi) is 5.72. The maximum atomic E-state index is 13.4. The summed E-state index contributed by atoms with van der Waals surface area (Å²) in [5, 5.41) is 11.0. The average molecular weight is 290 g/mol. The van der Waals surface area contributed by atoms with Crippen LogP contribution in [0.25, 0.3) is 0 Å². The van der Waals surface area contributed by atoms with Crippen molar-refractivity contribution < 1.29 is 23.8 Å². The summed E-state index contributed by atoms with van der Waals surface area (Å²) in [7, 11) is 1.33. The third-order valence-electron chi connectivity index (χ3n) is 2.42. The van der Waals surface area contributed by atoms with Crippen LogP contribution in [0.1, 0.15) is 16.8 Å². The molecule has 0 fully saturated rings. The predicted molar refractivity (Wildman–Crippen MR) is 66.8 cm³/mol. The number of carboxylic acid groups (broad SMARTS) is 1. The molecule has 0 radical (unpaired) electrons. The van der Waals surface area contributed by atoms with E-state index in [2.05, 4.69) is 5.32 Å². The van der Waals surface area contributed by atoms with E-state index in [1.54, 1.807) is 0 Å². The molecular weight excluding hydrogens is 277 g/mol. The van der Waals surface area contributed by atoms with Crippen molar-refractivity contribution in [2.45, 2.75) is 12.5 Å². The van der Waals surface area contributed by atoms with Crippen molar-refractivity contribution >= 4 is 23.5 Å². The van der Waals surface area contributed by atoms with E-state index in [-0.39, 0.29) is 23.6 Å². The molecule has 0 spiro atoms. The molecule has 1 amide bonds. The van der Waals surface area contributed by atoms with Crippen molar-refractivity contribution in [1.29, 1.82) is 0 Å². The molecule has 1 aromatic carbocycles. The molecule has 0 saturated carbocycles. The molecule has 1 rings (SSSR count). The van der Waals surface area contributed by atoms with E-state index in [4.69, 9.17) is 21.4 Å². The van der Waals surface area contributed by atoms with Crippen molar-refractivity contribution in [1.82, 2.24) is 5.32 Å². The molecule has 1 unspecified atom stereocenters. The predicted octanol–water partition coefficient (Wildman–Crippen LogP) is 1.70. The van der Waals surface area contributed by atoms with E-state index >= 15 is 0 Å². The Balaban J connectivity index is 2.67. The SMILES string of the molecule is COC(CNC(=O)c1c(F)cccc1Cl)CC(=O)O. The van der Waals surface area contributed by atoms with Gasteiger partial charge in [-0.05, 0) is 12.1 Å². The van der Waals surface area contributed by atoms with Crippen LogP contribution in [-0.2, 0) is 9.53 Å². The number of methoxy groups -OCH3 is 1. The number of amides is 1. The van der Waals surface area contributed by atoms with Gasteiger partial charge in [-0.2, -0.15) is 0 Å². The lowest BCUT2D eigenvalue weighted by Crippen LogP contribution is -2.35. The van der Waals surface area contributed by atoms with Crippen LogP contribution in [0, 0.1) is 5.82 Å². The lowest BCUT2D eigenvalue weighted by Gasteiger charge is -2.14. The first-order chi connectivity index (χ1) is 8.95. The highest BCUT2D eigenvalue weighted by Crippen LogP contribution is 2.18. The molecule has 0 saturated heterocycles. The molecule has 7 heteroatoms. The summed E-state index contributed by atoms with van der Waals surface area (Å²) in [6.07, 6.45) is -0.950. The van der Waals surface area contributed by atoms with E-state index in [1.165, 1.54) is 19.2 Å². The summed E-state index contributed by atoms with van der Waals surface area (Å²) >= 11 is 5.73. The summed E-state index contributed by atoms with van der Waals surface area (Å²) < 4.78 is 18.3. The largest absolute Gasteiger partial charge is 0.481 e. The Hall–Kier alpha value is -1.66. The van der Waals surface area contributed by atoms with Gasteiger partial charge in [-0.25, -0.2) is 4.39 Å². The van der Waals surface area contributed by atoms with E-state index < -0.39 is 23.8 Å². The molecule has 0 bridgehead atoms. The molecule has 104 valence electrons. The third-order valence-corrected chi connectivity index (χ3v) is 2.73. The lowest BCUT2D eigenvalue weighted by molar-refractivity contribution is -0.139. The van der Waals surface area contributed by atoms with Crippen molar-refractivity contribution in [2.24, 2.45) is 0 Å². The molecule has 0 aliphatic carbocycles. The quantitative estimate of drug-likeness (QED) is 0.836. The summed E-state index contributed by atoms with van der Waals surface area (Å²) in [5.74, 6) is -2.50. The van der Waals surface area contributed by atoms with Crippen LogP contribution in [0.4, 0.5) is 4.39 Å². The highest BCUT2D eigenvalue weighted by molar-refractivity contribution is 6.33. The van der Waals surface area contributed by atoms with Gasteiger partial charge in [0.25, 0.3) is 5.91 Å². The molecule has 5 nitrogen and oxygen atoms in total. The van der Waals surface area contributed by atoms with Crippen molar-refractivity contribution in [3.05, 3.63) is 34.6 Å². The van der Waals surface area contributed by atoms with Crippen LogP contribution in [0.2, 0.25) is 5.02 Å². The Morgan fingerprint density at radius 1 is 1.53 bits per heavy atom. The standard InChI is InChI=1S/C12H13ClFNO4/c1-19-7(5-10(16)17)6-15-12(18)11-8(13)3-2-4-9(11)14/h2-4,7H,5-6H2,1H3,(H,15,18)(H,16,17). The highest BCUT2D eigenvalue weighted by Gasteiger charge is 2.18. The summed E-state index contributed by atoms with van der Waals surface area (Å²) in [6, 6.07) is 3.90. The van der Waals surface area contributed by atoms with Crippen LogP contribution in [0.3, 0.4) is 0 Å². The number of benzene rings is 1. The average Bonchev–Trinajstić information content (AvgIpc) is 2.33. The number of nitrogens with one attached hydrogen (secondary N) is 1. The summed E-state index contributed by atoms with van der Waals surface area (Å²) in [5.41, 5.74) is -0.269. The Labute approximate surface area is 114 Å². The topological polar surface area (TPSA) is 75.6 Å². The number of carbonyl (C=O) groups excluding carboxylic acids is 1. The van der Waals surface area contributed by atoms with Crippen molar-refractivity contribution in [2.75, 3.05) is 13.7 Å². The first-order valence-electron chi connectivity index (χ1n) is 5.42. The summed E-state index contributed by atoms with van der Waals surface area (Å²) in [6.45, 7) is -0.0493. The zero-order valence-corrected chi connectivity index (χ0v) is 10.9. The molecule has 1 aromatic rings. The normalized spacial score (nSPS) is 11.9. The second-order valence-corrected chi connectivity index (χ2v) is 4.17. The van der Waals surface area contributed by atoms with E-state index in [0.29, 0.717) is 0 Å². The van der Waals surface area contributed by atoms with Gasteiger partial charge in [0, 0.05) is 13.7 Å². The Bertz CT molecular complexity index is 461. The number of hydrogen-bond donors (Lipinski definition) is 2. The first-order valence-corrected chi connectivity index (χ1v) is 5.80. The number of hydrogen-bond acceptors (Lipinski definition) is 3. The monoisotopic (exact) mass is 289 g/mol. The van der Waals surface area contributed by atoms with Crippen LogP contribution < -0.4 is 5.32 Å². The van der Waals surface area contributed by atoms with Gasteiger partial charge in [-0.15, -0.1) is 0 Å². The van der Waals surface area contributed by atoms with Crippen LogP contribution in [0.15, 0.2) is 18.2 Å². The Morgan fingerprint density at radius 2 is 2.21 bits per heavy atom. The number of rotatable bonds is 6. The van der Waals surface area contributed by atoms with E-state index in [9.17, 15) is 14.0 Å². The Morgan fingerprint density at radius 3 is 2.74 bits per heavy atom. The number of ether oxygens (including phenoxy) is 1. The van der Waals surface area contributed by atoms with Crippen LogP contribution >= 0.6 is 11.6 Å². The molecule has 2 N–H and O–H groups in total. The van der Waals surface area contributed by atoms with E-state index in [0.717, 1.165) is 6.07 Å². The molecule has 0 aliphatic heterocycles. The maximum absolute atomic E-state index is 13.4. The van der Waals surface area contributed by atoms with Gasteiger partial charge in [-0.3, -0.25) is 9.59 Å². The second kappa shape index (κ2) is 7.06. The fourth-order valence-corrected chi connectivity index (χ4v) is 1.69. The summed E-state index contributed by atoms with van der Waals surface area (Å²) in [4.78, 5) is 22.3. The molecule has 1 atom stereocenters. The fourth-order valence-electron chi connectivity index (χ4n) is 1.44. The smallest absolute Gasteiger partial charge is 0.306 e. The molecule has 0 aliphatic rings. The van der Waals surface area contributed by atoms with Gasteiger partial charge in [0.1, 0.15) is 5.82 Å². The lowest BCUT2D eigenvalue weighted by atomic mass is 10.2. The fraction of sp³-hybridized carbons (Fsp3) is 0.333. The minimum atomic E-state index is -1.05. The number of halogens is 2. The van der Waals surface area contributed by atoms with Gasteiger partial charge < -0.3 is 15.2 Å². The van der Waals surface area contributed by atoms with Crippen molar-refractivity contribution in [3.63, 3.8) is 0 Å². The number of carboxylic acids is 1. The molecular formula is C12H13ClFNO4. The molecule has 0 heterocycles. The maximum Gasteiger partial charge on any atom is 0.306 e. The molecule has 19 heavy (non-hydrogen) atoms. The van der Waals surface area contributed by atoms with Gasteiger partial charge in [-0.1, -0.05) is 17.7 Å². The number of aliphatic carboxylic acids is 1. The van der Waals surface area contributed by atoms with Crippen molar-refractivity contribution in [3.8, 4) is 0 Å². The second-order valence-electron chi connectivity index (χ2n) is 3.76. The number of carbonyl (C=O) groups is 2. The third kappa shape index (κ3) is 4.50. The minimum Gasteiger partial charge on any atom is -0.481 e. The van der Waals surface area contributed by atoms with E-state index in [1.807, 2.05) is 0 Å². The van der Waals surface area contributed by atoms with Crippen LogP contribution in [0.5, 0.6) is 0 Å². The van der Waals surface area contributed by atoms with Gasteiger partial charge >= 0.3 is 5.97 Å². The molecule has 0 aromatic heterocycles. The highest BCUT2D eigenvalue weighted by atomic mass is 35.5. The van der Waals surface area contributed by atoms with Gasteiger partial charge in [0.2, 0.25) is 0 Å². The minimum absolute atomic E-state index is 0.00954. The first kappa shape index (κ1) is 15.4.